The zero-order valence-corrected chi connectivity index (χ0v) is 13.6. The van der Waals surface area contributed by atoms with Gasteiger partial charge in [0.2, 0.25) is 0 Å². The van der Waals surface area contributed by atoms with Gasteiger partial charge in [0.15, 0.2) is 0 Å². The summed E-state index contributed by atoms with van der Waals surface area (Å²) in [4.78, 5) is 14.3. The molecule has 18 heavy (non-hydrogen) atoms. The van der Waals surface area contributed by atoms with Gasteiger partial charge in [-0.05, 0) is 53.1 Å². The molecule has 0 N–H and O–H groups in total. The second kappa shape index (κ2) is 5.33. The summed E-state index contributed by atoms with van der Waals surface area (Å²) in [6.07, 6.45) is 4.67. The summed E-state index contributed by atoms with van der Waals surface area (Å²) in [7, 11) is 1.94. The normalized spacial score (nSPS) is 19.8. The number of carbonyl (C=O) groups is 1. The van der Waals surface area contributed by atoms with Gasteiger partial charge in [0.1, 0.15) is 0 Å². The molecule has 2 rings (SSSR count). The number of hydrogen-bond acceptors (Lipinski definition) is 2. The van der Waals surface area contributed by atoms with Crippen molar-refractivity contribution in [3.8, 4) is 0 Å². The number of thiophene rings is 1. The van der Waals surface area contributed by atoms with Gasteiger partial charge in [0.05, 0.1) is 9.35 Å². The van der Waals surface area contributed by atoms with Gasteiger partial charge in [0, 0.05) is 18.5 Å². The molecular weight excluding hydrogens is 310 g/mol. The van der Waals surface area contributed by atoms with E-state index in [1.165, 1.54) is 12.8 Å². The molecular formula is C14H20BrNOS. The lowest BCUT2D eigenvalue weighted by atomic mass is 9.75. The number of rotatable bonds is 2. The van der Waals surface area contributed by atoms with E-state index in [-0.39, 0.29) is 5.91 Å². The highest BCUT2D eigenvalue weighted by Gasteiger charge is 2.30. The first-order valence-corrected chi connectivity index (χ1v) is 8.07. The maximum absolute atomic E-state index is 12.3. The Balaban J connectivity index is 2.00. The number of nitrogens with zero attached hydrogens (tertiary/aromatic N) is 1. The first-order valence-electron chi connectivity index (χ1n) is 6.40. The Hall–Kier alpha value is -0.350. The van der Waals surface area contributed by atoms with Crippen LogP contribution in [0.1, 0.15) is 49.9 Å². The summed E-state index contributed by atoms with van der Waals surface area (Å²) in [6, 6.07) is 2.32. The first kappa shape index (κ1) is 14.1. The Kier molecular flexibility index (Phi) is 4.17. The molecule has 0 spiro atoms. The van der Waals surface area contributed by atoms with E-state index in [1.54, 1.807) is 11.3 Å². The monoisotopic (exact) mass is 329 g/mol. The van der Waals surface area contributed by atoms with Gasteiger partial charge in [-0.3, -0.25) is 4.79 Å². The molecule has 1 aliphatic rings. The highest BCUT2D eigenvalue weighted by atomic mass is 79.9. The third kappa shape index (κ3) is 3.15. The van der Waals surface area contributed by atoms with E-state index in [1.807, 2.05) is 23.4 Å². The summed E-state index contributed by atoms with van der Waals surface area (Å²) >= 11 is 4.97. The Morgan fingerprint density at radius 2 is 2.06 bits per heavy atom. The molecule has 1 aliphatic carbocycles. The molecule has 0 bridgehead atoms. The maximum Gasteiger partial charge on any atom is 0.254 e. The van der Waals surface area contributed by atoms with Crippen LogP contribution in [0.5, 0.6) is 0 Å². The van der Waals surface area contributed by atoms with Crippen molar-refractivity contribution in [2.75, 3.05) is 7.05 Å². The summed E-state index contributed by atoms with van der Waals surface area (Å²) < 4.78 is 1.02. The summed E-state index contributed by atoms with van der Waals surface area (Å²) in [6.45, 7) is 4.64. The minimum absolute atomic E-state index is 0.154. The molecule has 1 heterocycles. The molecule has 0 atom stereocenters. The van der Waals surface area contributed by atoms with E-state index < -0.39 is 0 Å². The van der Waals surface area contributed by atoms with Gasteiger partial charge >= 0.3 is 0 Å². The van der Waals surface area contributed by atoms with E-state index in [2.05, 4.69) is 29.8 Å². The molecule has 0 aliphatic heterocycles. The van der Waals surface area contributed by atoms with Crippen LogP contribution < -0.4 is 0 Å². The van der Waals surface area contributed by atoms with Crippen molar-refractivity contribution in [2.45, 2.75) is 45.6 Å². The SMILES string of the molecule is CN(C(=O)c1csc(Br)c1)C1CCC(C)(C)CC1. The van der Waals surface area contributed by atoms with Crippen LogP contribution >= 0.6 is 27.3 Å². The second-order valence-corrected chi connectivity index (χ2v) is 8.24. The van der Waals surface area contributed by atoms with E-state index in [9.17, 15) is 4.79 Å². The van der Waals surface area contributed by atoms with E-state index >= 15 is 0 Å². The highest BCUT2D eigenvalue weighted by Crippen LogP contribution is 2.37. The van der Waals surface area contributed by atoms with Crippen molar-refractivity contribution in [1.29, 1.82) is 0 Å². The fraction of sp³-hybridized carbons (Fsp3) is 0.643. The Labute approximate surface area is 122 Å². The van der Waals surface area contributed by atoms with Crippen LogP contribution in [0.2, 0.25) is 0 Å². The minimum atomic E-state index is 0.154. The van der Waals surface area contributed by atoms with Gasteiger partial charge in [-0.25, -0.2) is 0 Å². The van der Waals surface area contributed by atoms with Crippen molar-refractivity contribution in [1.82, 2.24) is 4.90 Å². The summed E-state index contributed by atoms with van der Waals surface area (Å²) in [5.74, 6) is 0.154. The average Bonchev–Trinajstić information content (AvgIpc) is 2.74. The van der Waals surface area contributed by atoms with Crippen molar-refractivity contribution in [2.24, 2.45) is 5.41 Å². The molecule has 4 heteroatoms. The van der Waals surface area contributed by atoms with Crippen LogP contribution in [0.3, 0.4) is 0 Å². The molecule has 0 unspecified atom stereocenters. The van der Waals surface area contributed by atoms with Crippen LogP contribution in [-0.4, -0.2) is 23.9 Å². The average molecular weight is 330 g/mol. The van der Waals surface area contributed by atoms with Gasteiger partial charge in [-0.15, -0.1) is 11.3 Å². The molecule has 2 nitrogen and oxygen atoms in total. The van der Waals surface area contributed by atoms with Crippen molar-refractivity contribution < 1.29 is 4.79 Å². The zero-order valence-electron chi connectivity index (χ0n) is 11.2. The molecule has 100 valence electrons. The smallest absolute Gasteiger partial charge is 0.254 e. The Morgan fingerprint density at radius 3 is 2.56 bits per heavy atom. The first-order chi connectivity index (χ1) is 8.39. The van der Waals surface area contributed by atoms with Crippen LogP contribution in [-0.2, 0) is 0 Å². The van der Waals surface area contributed by atoms with Crippen molar-refractivity contribution in [3.05, 3.63) is 20.8 Å². The van der Waals surface area contributed by atoms with E-state index in [0.717, 1.165) is 22.2 Å². The minimum Gasteiger partial charge on any atom is -0.339 e. The quantitative estimate of drug-likeness (QED) is 0.779. The fourth-order valence-corrected chi connectivity index (χ4v) is 3.69. The summed E-state index contributed by atoms with van der Waals surface area (Å²) in [5, 5.41) is 1.93. The number of hydrogen-bond donors (Lipinski definition) is 0. The molecule has 1 aromatic rings. The molecule has 1 fully saturated rings. The summed E-state index contributed by atoms with van der Waals surface area (Å²) in [5.41, 5.74) is 1.26. The molecule has 0 radical (unpaired) electrons. The lowest BCUT2D eigenvalue weighted by molar-refractivity contribution is 0.0636. The number of carbonyl (C=O) groups excluding carboxylic acids is 1. The lowest BCUT2D eigenvalue weighted by Gasteiger charge is -2.38. The van der Waals surface area contributed by atoms with E-state index in [0.29, 0.717) is 11.5 Å². The highest BCUT2D eigenvalue weighted by molar-refractivity contribution is 9.11. The van der Waals surface area contributed by atoms with Gasteiger partial charge in [0.25, 0.3) is 5.91 Å². The topological polar surface area (TPSA) is 20.3 Å². The Morgan fingerprint density at radius 1 is 1.44 bits per heavy atom. The predicted octanol–water partition coefficient (Wildman–Crippen LogP) is 4.55. The van der Waals surface area contributed by atoms with Gasteiger partial charge < -0.3 is 4.90 Å². The van der Waals surface area contributed by atoms with E-state index in [4.69, 9.17) is 0 Å². The molecule has 1 amide bonds. The predicted molar refractivity (Wildman–Crippen MR) is 80.1 cm³/mol. The zero-order chi connectivity index (χ0) is 13.3. The second-order valence-electron chi connectivity index (χ2n) is 5.95. The Bertz CT molecular complexity index is 431. The van der Waals surface area contributed by atoms with Gasteiger partial charge in [-0.1, -0.05) is 13.8 Å². The third-order valence-electron chi connectivity index (χ3n) is 3.99. The maximum atomic E-state index is 12.3. The van der Waals surface area contributed by atoms with Crippen LogP contribution in [0.15, 0.2) is 15.2 Å². The van der Waals surface area contributed by atoms with Gasteiger partial charge in [-0.2, -0.15) is 0 Å². The van der Waals surface area contributed by atoms with Crippen molar-refractivity contribution in [3.63, 3.8) is 0 Å². The molecule has 0 aromatic carbocycles. The third-order valence-corrected chi connectivity index (χ3v) is 5.50. The number of amides is 1. The van der Waals surface area contributed by atoms with Crippen molar-refractivity contribution >= 4 is 33.2 Å². The van der Waals surface area contributed by atoms with Crippen LogP contribution in [0.4, 0.5) is 0 Å². The molecule has 0 saturated heterocycles. The molecule has 1 saturated carbocycles. The standard InChI is InChI=1S/C14H20BrNOS/c1-14(2)6-4-11(5-7-14)16(3)13(17)10-8-12(15)18-9-10/h8-9,11H,4-7H2,1-3H3. The van der Waals surface area contributed by atoms with Crippen LogP contribution in [0, 0.1) is 5.41 Å². The number of halogens is 1. The largest absolute Gasteiger partial charge is 0.339 e. The lowest BCUT2D eigenvalue weighted by Crippen LogP contribution is -2.40. The fourth-order valence-electron chi connectivity index (χ4n) is 2.56. The van der Waals surface area contributed by atoms with Crippen LogP contribution in [0.25, 0.3) is 0 Å². The molecule has 1 aromatic heterocycles.